The summed E-state index contributed by atoms with van der Waals surface area (Å²) in [6.45, 7) is 3.07. The number of halogens is 2. The molecule has 0 unspecified atom stereocenters. The lowest BCUT2D eigenvalue weighted by Gasteiger charge is -2.42. The predicted molar refractivity (Wildman–Crippen MR) is 67.8 cm³/mol. The lowest BCUT2D eigenvalue weighted by molar-refractivity contribution is 0.171. The molecule has 2 nitrogen and oxygen atoms in total. The molecule has 1 aromatic heterocycles. The van der Waals surface area contributed by atoms with Crippen LogP contribution in [0.1, 0.15) is 38.4 Å². The van der Waals surface area contributed by atoms with Gasteiger partial charge in [-0.3, -0.25) is 0 Å². The van der Waals surface area contributed by atoms with E-state index in [1.807, 2.05) is 6.07 Å². The monoisotopic (exact) mass is 335 g/mol. The molecular formula is C11H15Br2NO. The zero-order valence-corrected chi connectivity index (χ0v) is 11.9. The van der Waals surface area contributed by atoms with Gasteiger partial charge in [-0.2, -0.15) is 0 Å². The fraction of sp³-hybridized carbons (Fsp3) is 0.636. The van der Waals surface area contributed by atoms with Crippen LogP contribution < -0.4 is 5.32 Å². The summed E-state index contributed by atoms with van der Waals surface area (Å²) in [5.41, 5.74) is 0.381. The van der Waals surface area contributed by atoms with E-state index < -0.39 is 0 Å². The molecule has 1 fully saturated rings. The molecule has 1 aliphatic rings. The number of nitrogens with one attached hydrogen (secondary N) is 1. The van der Waals surface area contributed by atoms with Crippen molar-refractivity contribution in [3.8, 4) is 0 Å². The van der Waals surface area contributed by atoms with Gasteiger partial charge in [-0.1, -0.05) is 6.92 Å². The van der Waals surface area contributed by atoms with Crippen molar-refractivity contribution in [3.63, 3.8) is 0 Å². The van der Waals surface area contributed by atoms with Gasteiger partial charge in [0, 0.05) is 5.54 Å². The minimum atomic E-state index is 0.381. The first-order valence-electron chi connectivity index (χ1n) is 5.34. The Morgan fingerprint density at radius 1 is 1.47 bits per heavy atom. The van der Waals surface area contributed by atoms with Crippen LogP contribution in [0.15, 0.2) is 19.6 Å². The molecule has 1 heterocycles. The van der Waals surface area contributed by atoms with E-state index >= 15 is 0 Å². The largest absolute Gasteiger partial charge is 0.452 e. The maximum Gasteiger partial charge on any atom is 0.183 e. The number of rotatable bonds is 4. The highest BCUT2D eigenvalue weighted by Gasteiger charge is 2.34. The van der Waals surface area contributed by atoms with Gasteiger partial charge >= 0.3 is 0 Å². The Hall–Kier alpha value is 0.200. The molecule has 0 spiro atoms. The summed E-state index contributed by atoms with van der Waals surface area (Å²) < 4.78 is 7.29. The van der Waals surface area contributed by atoms with Crippen molar-refractivity contribution < 1.29 is 4.42 Å². The number of hydrogen-bond donors (Lipinski definition) is 1. The molecule has 2 rings (SSSR count). The van der Waals surface area contributed by atoms with Gasteiger partial charge in [-0.25, -0.2) is 0 Å². The lowest BCUT2D eigenvalue weighted by atomic mass is 9.75. The Morgan fingerprint density at radius 3 is 2.60 bits per heavy atom. The van der Waals surface area contributed by atoms with E-state index in [0.29, 0.717) is 5.54 Å². The van der Waals surface area contributed by atoms with Crippen molar-refractivity contribution in [2.24, 2.45) is 0 Å². The van der Waals surface area contributed by atoms with Crippen LogP contribution >= 0.6 is 31.9 Å². The van der Waals surface area contributed by atoms with Crippen LogP contribution in [0.4, 0.5) is 0 Å². The second-order valence-corrected chi connectivity index (χ2v) is 5.75. The Bertz CT molecular complexity index is 319. The minimum absolute atomic E-state index is 0.381. The molecule has 0 saturated heterocycles. The molecule has 0 aromatic carbocycles. The van der Waals surface area contributed by atoms with Crippen LogP contribution in [0, 0.1) is 0 Å². The lowest BCUT2D eigenvalue weighted by Crippen LogP contribution is -2.49. The summed E-state index contributed by atoms with van der Waals surface area (Å²) in [4.78, 5) is 0. The Morgan fingerprint density at radius 2 is 2.20 bits per heavy atom. The highest BCUT2D eigenvalue weighted by molar-refractivity contribution is 9.13. The smallest absolute Gasteiger partial charge is 0.183 e. The van der Waals surface area contributed by atoms with E-state index in [1.54, 1.807) is 0 Å². The zero-order chi connectivity index (χ0) is 10.9. The normalized spacial score (nSPS) is 18.9. The zero-order valence-electron chi connectivity index (χ0n) is 8.78. The van der Waals surface area contributed by atoms with Crippen molar-refractivity contribution >= 4 is 31.9 Å². The topological polar surface area (TPSA) is 25.2 Å². The van der Waals surface area contributed by atoms with Crippen LogP contribution in [0.5, 0.6) is 0 Å². The third kappa shape index (κ3) is 2.48. The van der Waals surface area contributed by atoms with Crippen molar-refractivity contribution in [2.75, 3.05) is 0 Å². The standard InChI is InChI=1S/C11H15Br2NO/c1-2-11(4-3-5-11)14-7-8-6-9(12)10(13)15-8/h6,14H,2-5,7H2,1H3. The molecule has 1 N–H and O–H groups in total. The highest BCUT2D eigenvalue weighted by Crippen LogP contribution is 2.35. The Kier molecular flexibility index (Phi) is 3.58. The van der Waals surface area contributed by atoms with E-state index in [1.165, 1.54) is 25.7 Å². The van der Waals surface area contributed by atoms with Gasteiger partial charge in [0.2, 0.25) is 0 Å². The van der Waals surface area contributed by atoms with Gasteiger partial charge < -0.3 is 9.73 Å². The van der Waals surface area contributed by atoms with Crippen LogP contribution in [0.3, 0.4) is 0 Å². The second kappa shape index (κ2) is 4.60. The summed E-state index contributed by atoms with van der Waals surface area (Å²) in [6, 6.07) is 2.01. The molecule has 15 heavy (non-hydrogen) atoms. The summed E-state index contributed by atoms with van der Waals surface area (Å²) in [5, 5.41) is 3.60. The number of hydrogen-bond acceptors (Lipinski definition) is 2. The molecule has 1 aliphatic carbocycles. The van der Waals surface area contributed by atoms with Gasteiger partial charge in [0.15, 0.2) is 4.67 Å². The molecule has 0 aliphatic heterocycles. The Balaban J connectivity index is 1.92. The maximum absolute atomic E-state index is 5.53. The van der Waals surface area contributed by atoms with Gasteiger partial charge in [0.05, 0.1) is 11.0 Å². The fourth-order valence-corrected chi connectivity index (χ4v) is 2.67. The van der Waals surface area contributed by atoms with Crippen LogP contribution in [-0.2, 0) is 6.54 Å². The van der Waals surface area contributed by atoms with E-state index in [2.05, 4.69) is 44.1 Å². The first-order chi connectivity index (χ1) is 7.15. The molecule has 0 atom stereocenters. The number of furan rings is 1. The Labute approximate surface area is 107 Å². The highest BCUT2D eigenvalue weighted by atomic mass is 79.9. The van der Waals surface area contributed by atoms with Gasteiger partial charge in [-0.05, 0) is 63.6 Å². The molecule has 0 amide bonds. The second-order valence-electron chi connectivity index (χ2n) is 4.18. The summed E-state index contributed by atoms with van der Waals surface area (Å²) in [5.74, 6) is 0.980. The summed E-state index contributed by atoms with van der Waals surface area (Å²) in [6.07, 6.45) is 5.15. The molecule has 1 saturated carbocycles. The summed E-state index contributed by atoms with van der Waals surface area (Å²) in [7, 11) is 0. The van der Waals surface area contributed by atoms with Crippen molar-refractivity contribution in [1.82, 2.24) is 5.32 Å². The third-order valence-electron chi connectivity index (χ3n) is 3.32. The van der Waals surface area contributed by atoms with Crippen LogP contribution in [-0.4, -0.2) is 5.54 Å². The van der Waals surface area contributed by atoms with Crippen molar-refractivity contribution in [1.29, 1.82) is 0 Å². The molecule has 0 bridgehead atoms. The van der Waals surface area contributed by atoms with E-state index in [9.17, 15) is 0 Å². The van der Waals surface area contributed by atoms with Gasteiger partial charge in [-0.15, -0.1) is 0 Å². The first kappa shape index (κ1) is 11.7. The average molecular weight is 337 g/mol. The van der Waals surface area contributed by atoms with E-state index in [0.717, 1.165) is 21.4 Å². The van der Waals surface area contributed by atoms with Gasteiger partial charge in [0.1, 0.15) is 5.76 Å². The first-order valence-corrected chi connectivity index (χ1v) is 6.92. The average Bonchev–Trinajstić information content (AvgIpc) is 2.45. The van der Waals surface area contributed by atoms with Crippen molar-refractivity contribution in [2.45, 2.75) is 44.7 Å². The van der Waals surface area contributed by atoms with Crippen molar-refractivity contribution in [3.05, 3.63) is 21.0 Å². The van der Waals surface area contributed by atoms with Crippen LogP contribution in [0.25, 0.3) is 0 Å². The predicted octanol–water partition coefficient (Wildman–Crippen LogP) is 4.23. The fourth-order valence-electron chi connectivity index (χ4n) is 2.01. The quantitative estimate of drug-likeness (QED) is 0.890. The molecule has 0 radical (unpaired) electrons. The molecule has 84 valence electrons. The minimum Gasteiger partial charge on any atom is -0.452 e. The molecule has 1 aromatic rings. The maximum atomic E-state index is 5.53. The van der Waals surface area contributed by atoms with Crippen LogP contribution in [0.2, 0.25) is 0 Å². The van der Waals surface area contributed by atoms with E-state index in [4.69, 9.17) is 4.42 Å². The third-order valence-corrected chi connectivity index (χ3v) is 5.03. The molecule has 4 heteroatoms. The SMILES string of the molecule is CCC1(NCc2cc(Br)c(Br)o2)CCC1. The molecular weight excluding hydrogens is 322 g/mol. The van der Waals surface area contributed by atoms with E-state index in [-0.39, 0.29) is 0 Å². The van der Waals surface area contributed by atoms with Gasteiger partial charge in [0.25, 0.3) is 0 Å². The summed E-state index contributed by atoms with van der Waals surface area (Å²) >= 11 is 6.76.